The summed E-state index contributed by atoms with van der Waals surface area (Å²) in [6.45, 7) is 5.35. The minimum Gasteiger partial charge on any atom is -0.592 e. The summed E-state index contributed by atoms with van der Waals surface area (Å²) in [6, 6.07) is 7.96. The summed E-state index contributed by atoms with van der Waals surface area (Å²) in [5, 5.41) is 0. The Labute approximate surface area is 151 Å². The zero-order valence-electron chi connectivity index (χ0n) is 13.7. The number of rotatable bonds is 9. The van der Waals surface area contributed by atoms with E-state index in [9.17, 15) is 0 Å². The van der Waals surface area contributed by atoms with Gasteiger partial charge in [0.2, 0.25) is 0 Å². The second-order valence-electron chi connectivity index (χ2n) is 5.20. The standard InChI is InChI=1S/C16H23NO3.Al.2ClH/c1-4-17(13-8-10-14(19-3)11-9-13)15(12-6-7-12)16(18)20-5-2;;;/h8-12,18H,4-7H2,1-3H3;;2*1H/q;+3;;/p-3/b16-15+;;;. The second kappa shape index (κ2) is 8.94. The van der Waals surface area contributed by atoms with Gasteiger partial charge in [-0.1, -0.05) is 0 Å². The molecule has 0 bridgehead atoms. The second-order valence-corrected chi connectivity index (χ2v) is 9.01. The third-order valence-corrected chi connectivity index (χ3v) is 4.56. The minimum absolute atomic E-state index is 0.430. The van der Waals surface area contributed by atoms with Crippen molar-refractivity contribution in [3.8, 4) is 5.75 Å². The van der Waals surface area contributed by atoms with E-state index in [4.69, 9.17) is 33.4 Å². The largest absolute Gasteiger partial charge is 0.817 e. The highest BCUT2D eigenvalue weighted by atomic mass is 35.7. The van der Waals surface area contributed by atoms with E-state index in [1.807, 2.05) is 31.2 Å². The van der Waals surface area contributed by atoms with Gasteiger partial charge in [-0.25, -0.2) is 0 Å². The van der Waals surface area contributed by atoms with E-state index in [0.29, 0.717) is 18.5 Å². The molecule has 1 aliphatic carbocycles. The number of methoxy groups -OCH3 is 1. The van der Waals surface area contributed by atoms with Crippen molar-refractivity contribution >= 4 is 38.4 Å². The summed E-state index contributed by atoms with van der Waals surface area (Å²) in [5.41, 5.74) is 2.11. The minimum atomic E-state index is -2.27. The molecular formula is C16H22AlCl2NO3. The van der Waals surface area contributed by atoms with Gasteiger partial charge in [-0.2, -0.15) is 20.1 Å². The third kappa shape index (κ3) is 5.12. The van der Waals surface area contributed by atoms with Crippen molar-refractivity contribution in [3.63, 3.8) is 0 Å². The van der Waals surface area contributed by atoms with Gasteiger partial charge in [0.1, 0.15) is 5.75 Å². The quantitative estimate of drug-likeness (QED) is 0.466. The van der Waals surface area contributed by atoms with Crippen molar-refractivity contribution in [2.75, 3.05) is 25.2 Å². The van der Waals surface area contributed by atoms with Gasteiger partial charge in [-0.05, 0) is 51.0 Å². The number of allylic oxidation sites excluding steroid dienone is 1. The summed E-state index contributed by atoms with van der Waals surface area (Å²) >= 11 is -2.27. The summed E-state index contributed by atoms with van der Waals surface area (Å²) in [5.74, 6) is 1.74. The van der Waals surface area contributed by atoms with Crippen LogP contribution in [0.15, 0.2) is 35.9 Å². The number of hydrogen-bond donors (Lipinski definition) is 0. The van der Waals surface area contributed by atoms with Crippen molar-refractivity contribution in [1.29, 1.82) is 0 Å². The lowest BCUT2D eigenvalue weighted by molar-refractivity contribution is 0.113. The smallest absolute Gasteiger partial charge is 0.592 e. The first-order valence-corrected chi connectivity index (χ1v) is 11.8. The van der Waals surface area contributed by atoms with Gasteiger partial charge >= 0.3 is 12.6 Å². The first kappa shape index (κ1) is 18.6. The molecule has 2 rings (SSSR count). The Balaban J connectivity index is 2.38. The molecular weight excluding hydrogens is 352 g/mol. The monoisotopic (exact) mass is 373 g/mol. The first-order valence-electron chi connectivity index (χ1n) is 7.84. The maximum absolute atomic E-state index is 5.94. The Hall–Kier alpha value is -0.728. The molecule has 4 nitrogen and oxygen atoms in total. The third-order valence-electron chi connectivity index (χ3n) is 3.64. The normalized spacial score (nSPS) is 14.8. The van der Waals surface area contributed by atoms with Gasteiger partial charge in [0.15, 0.2) is 0 Å². The van der Waals surface area contributed by atoms with Gasteiger partial charge in [0.25, 0.3) is 5.95 Å². The molecule has 7 heteroatoms. The predicted octanol–water partition coefficient (Wildman–Crippen LogP) is 4.62. The summed E-state index contributed by atoms with van der Waals surface area (Å²) in [6.07, 6.45) is 2.25. The average molecular weight is 374 g/mol. The molecule has 0 atom stereocenters. The van der Waals surface area contributed by atoms with E-state index in [2.05, 4.69) is 11.8 Å². The van der Waals surface area contributed by atoms with Crippen molar-refractivity contribution in [1.82, 2.24) is 0 Å². The fourth-order valence-corrected chi connectivity index (χ4v) is 3.32. The lowest BCUT2D eigenvalue weighted by atomic mass is 10.2. The Morgan fingerprint density at radius 2 is 1.87 bits per heavy atom. The highest BCUT2D eigenvalue weighted by molar-refractivity contribution is 7.30. The fraction of sp³-hybridized carbons (Fsp3) is 0.500. The molecule has 1 aliphatic rings. The molecule has 0 N–H and O–H groups in total. The summed E-state index contributed by atoms with van der Waals surface area (Å²) in [4.78, 5) is 2.20. The van der Waals surface area contributed by atoms with Gasteiger partial charge in [0.05, 0.1) is 19.4 Å². The van der Waals surface area contributed by atoms with E-state index < -0.39 is 12.6 Å². The van der Waals surface area contributed by atoms with Crippen LogP contribution < -0.4 is 9.64 Å². The highest BCUT2D eigenvalue weighted by Gasteiger charge is 2.36. The number of ether oxygens (including phenoxy) is 2. The Kier molecular flexibility index (Phi) is 7.23. The van der Waals surface area contributed by atoms with Crippen LogP contribution in [0.3, 0.4) is 0 Å². The molecule has 0 aliphatic heterocycles. The van der Waals surface area contributed by atoms with E-state index in [1.54, 1.807) is 7.11 Å². The SMILES string of the molecule is CCO/C([O][Al]([Cl])[Cl])=C(\C1CC1)N(CC)c1ccc(OC)cc1. The lowest BCUT2D eigenvalue weighted by Gasteiger charge is -2.29. The molecule has 23 heavy (non-hydrogen) atoms. The van der Waals surface area contributed by atoms with Crippen molar-refractivity contribution in [3.05, 3.63) is 35.9 Å². The predicted molar refractivity (Wildman–Crippen MR) is 95.9 cm³/mol. The molecule has 1 fully saturated rings. The van der Waals surface area contributed by atoms with Gasteiger partial charge in [-0.3, -0.25) is 0 Å². The highest BCUT2D eigenvalue weighted by Crippen LogP contribution is 2.42. The van der Waals surface area contributed by atoms with Crippen LogP contribution in [-0.4, -0.2) is 32.9 Å². The zero-order valence-corrected chi connectivity index (χ0v) is 16.4. The summed E-state index contributed by atoms with van der Waals surface area (Å²) in [7, 11) is 13.5. The van der Waals surface area contributed by atoms with Crippen LogP contribution in [0.25, 0.3) is 0 Å². The van der Waals surface area contributed by atoms with Crippen molar-refractivity contribution in [2.24, 2.45) is 5.92 Å². The Morgan fingerprint density at radius 1 is 1.22 bits per heavy atom. The zero-order chi connectivity index (χ0) is 16.8. The van der Waals surface area contributed by atoms with Gasteiger partial charge < -0.3 is 18.2 Å². The molecule has 0 radical (unpaired) electrons. The van der Waals surface area contributed by atoms with E-state index in [0.717, 1.165) is 36.5 Å². The number of nitrogens with zero attached hydrogens (tertiary/aromatic N) is 1. The van der Waals surface area contributed by atoms with Crippen molar-refractivity contribution < 1.29 is 13.3 Å². The molecule has 1 saturated carbocycles. The molecule has 0 spiro atoms. The molecule has 0 heterocycles. The average Bonchev–Trinajstić information content (AvgIpc) is 3.36. The van der Waals surface area contributed by atoms with Gasteiger partial charge in [-0.15, -0.1) is 0 Å². The first-order chi connectivity index (χ1) is 11.1. The summed E-state index contributed by atoms with van der Waals surface area (Å²) < 4.78 is 16.6. The molecule has 1 aromatic rings. The molecule has 0 aromatic heterocycles. The molecule has 0 unspecified atom stereocenters. The number of anilines is 1. The van der Waals surface area contributed by atoms with Crippen LogP contribution in [0.5, 0.6) is 5.75 Å². The molecule has 0 amide bonds. The molecule has 0 saturated heterocycles. The van der Waals surface area contributed by atoms with E-state index >= 15 is 0 Å². The lowest BCUT2D eigenvalue weighted by Crippen LogP contribution is -2.27. The van der Waals surface area contributed by atoms with Crippen LogP contribution in [0, 0.1) is 5.92 Å². The van der Waals surface area contributed by atoms with E-state index in [-0.39, 0.29) is 0 Å². The van der Waals surface area contributed by atoms with E-state index in [1.165, 1.54) is 0 Å². The maximum Gasteiger partial charge on any atom is 0.817 e. The fourth-order valence-electron chi connectivity index (χ4n) is 2.49. The maximum atomic E-state index is 5.94. The van der Waals surface area contributed by atoms with Crippen LogP contribution in [0.2, 0.25) is 0 Å². The topological polar surface area (TPSA) is 30.9 Å². The van der Waals surface area contributed by atoms with Gasteiger partial charge in [0, 0.05) is 18.2 Å². The van der Waals surface area contributed by atoms with Crippen LogP contribution in [-0.2, 0) is 8.53 Å². The van der Waals surface area contributed by atoms with Crippen LogP contribution in [0.1, 0.15) is 26.7 Å². The number of halogens is 2. The molecule has 126 valence electrons. The van der Waals surface area contributed by atoms with Crippen LogP contribution >= 0.6 is 20.1 Å². The molecule has 1 aromatic carbocycles. The Bertz CT molecular complexity index is 533. The number of hydrogen-bond acceptors (Lipinski definition) is 4. The number of benzene rings is 1. The van der Waals surface area contributed by atoms with Crippen molar-refractivity contribution in [2.45, 2.75) is 26.7 Å². The Morgan fingerprint density at radius 3 is 2.30 bits per heavy atom. The van der Waals surface area contributed by atoms with Crippen LogP contribution in [0.4, 0.5) is 5.69 Å².